The maximum atomic E-state index is 12.7. The van der Waals surface area contributed by atoms with Crippen LogP contribution in [-0.4, -0.2) is 76.0 Å². The van der Waals surface area contributed by atoms with Gasteiger partial charge in [0, 0.05) is 18.7 Å². The number of amides is 1. The van der Waals surface area contributed by atoms with Crippen molar-refractivity contribution < 1.29 is 23.8 Å². The Kier molecular flexibility index (Phi) is 6.93. The number of hydrogen-bond acceptors (Lipinski definition) is 8. The Balaban J connectivity index is 1.09. The number of aliphatic hydroxyl groups is 1. The summed E-state index contributed by atoms with van der Waals surface area (Å²) in [5.74, 6) is 1.48. The Hall–Kier alpha value is -3.43. The third kappa shape index (κ3) is 5.68. The summed E-state index contributed by atoms with van der Waals surface area (Å²) in [6.07, 6.45) is 2.60. The number of carbonyl (C=O) groups is 1. The Morgan fingerprint density at radius 1 is 1.06 bits per heavy atom. The zero-order valence-electron chi connectivity index (χ0n) is 20.7. The van der Waals surface area contributed by atoms with Gasteiger partial charge in [0.05, 0.1) is 25.8 Å². The molecule has 2 aromatic carbocycles. The predicted octanol–water partition coefficient (Wildman–Crippen LogP) is 3.39. The van der Waals surface area contributed by atoms with Crippen LogP contribution in [0.5, 0.6) is 11.5 Å². The average molecular weight is 493 g/mol. The Labute approximate surface area is 210 Å². The van der Waals surface area contributed by atoms with Crippen molar-refractivity contribution in [2.75, 3.05) is 33.3 Å². The van der Waals surface area contributed by atoms with Gasteiger partial charge in [0.2, 0.25) is 5.89 Å². The van der Waals surface area contributed by atoms with Crippen LogP contribution >= 0.6 is 0 Å². The number of aromatic nitrogens is 2. The molecule has 1 N–H and O–H groups in total. The fraction of sp³-hybridized carbons (Fsp3) is 0.444. The molecule has 190 valence electrons. The molecule has 0 saturated carbocycles. The van der Waals surface area contributed by atoms with Gasteiger partial charge in [0.25, 0.3) is 0 Å². The first-order valence-corrected chi connectivity index (χ1v) is 12.4. The van der Waals surface area contributed by atoms with Crippen LogP contribution in [0.2, 0.25) is 0 Å². The standard InChI is InChI=1S/C27H32N4O5/c1-27(33)12-3-14-30(15-13-27)16-19-4-8-22(9-5-19)35-23-17-31(18-23)26(32)25-29-28-24(36-25)20-6-10-21(34-2)11-7-20/h4-11,23,33H,3,12-18H2,1-2H3. The van der Waals surface area contributed by atoms with E-state index in [0.29, 0.717) is 19.0 Å². The van der Waals surface area contributed by atoms with Crippen LogP contribution in [-0.2, 0) is 6.54 Å². The van der Waals surface area contributed by atoms with E-state index in [1.54, 1.807) is 36.3 Å². The molecule has 1 unspecified atom stereocenters. The van der Waals surface area contributed by atoms with E-state index in [4.69, 9.17) is 13.9 Å². The maximum absolute atomic E-state index is 12.7. The van der Waals surface area contributed by atoms with E-state index in [1.807, 2.05) is 19.1 Å². The fourth-order valence-electron chi connectivity index (χ4n) is 4.58. The van der Waals surface area contributed by atoms with E-state index >= 15 is 0 Å². The number of hydrogen-bond donors (Lipinski definition) is 1. The average Bonchev–Trinajstić information content (AvgIpc) is 3.29. The highest BCUT2D eigenvalue weighted by Crippen LogP contribution is 2.25. The van der Waals surface area contributed by atoms with Crippen LogP contribution in [0.4, 0.5) is 0 Å². The van der Waals surface area contributed by atoms with E-state index in [9.17, 15) is 9.90 Å². The number of nitrogens with zero attached hydrogens (tertiary/aromatic N) is 4. The first-order valence-electron chi connectivity index (χ1n) is 12.4. The van der Waals surface area contributed by atoms with Gasteiger partial charge >= 0.3 is 11.8 Å². The molecule has 2 aliphatic rings. The molecule has 1 aromatic heterocycles. The van der Waals surface area contributed by atoms with E-state index in [-0.39, 0.29) is 17.9 Å². The lowest BCUT2D eigenvalue weighted by atomic mass is 9.98. The van der Waals surface area contributed by atoms with Crippen LogP contribution in [0.25, 0.3) is 11.5 Å². The number of methoxy groups -OCH3 is 1. The molecule has 1 amide bonds. The molecule has 0 bridgehead atoms. The summed E-state index contributed by atoms with van der Waals surface area (Å²) in [7, 11) is 1.60. The second kappa shape index (κ2) is 10.3. The highest BCUT2D eigenvalue weighted by molar-refractivity contribution is 5.90. The van der Waals surface area contributed by atoms with Gasteiger partial charge in [0.15, 0.2) is 0 Å². The summed E-state index contributed by atoms with van der Waals surface area (Å²) in [5.41, 5.74) is 1.39. The van der Waals surface area contributed by atoms with Gasteiger partial charge in [-0.05, 0) is 74.7 Å². The van der Waals surface area contributed by atoms with E-state index in [1.165, 1.54) is 5.56 Å². The molecular weight excluding hydrogens is 460 g/mol. The SMILES string of the molecule is COc1ccc(-c2nnc(C(=O)N3CC(Oc4ccc(CN5CCCC(C)(O)CC5)cc4)C3)o2)cc1. The summed E-state index contributed by atoms with van der Waals surface area (Å²) in [5, 5.41) is 18.2. The molecule has 36 heavy (non-hydrogen) atoms. The van der Waals surface area contributed by atoms with Crippen molar-refractivity contribution in [2.45, 2.75) is 44.4 Å². The molecule has 0 radical (unpaired) electrons. The minimum absolute atomic E-state index is 0.0290. The lowest BCUT2D eigenvalue weighted by Gasteiger charge is -2.38. The Morgan fingerprint density at radius 3 is 2.50 bits per heavy atom. The van der Waals surface area contributed by atoms with E-state index < -0.39 is 5.60 Å². The summed E-state index contributed by atoms with van der Waals surface area (Å²) in [6.45, 7) is 5.63. The van der Waals surface area contributed by atoms with Gasteiger partial charge in [-0.2, -0.15) is 0 Å². The molecule has 1 atom stereocenters. The molecule has 0 spiro atoms. The summed E-state index contributed by atoms with van der Waals surface area (Å²) >= 11 is 0. The molecule has 2 fully saturated rings. The van der Waals surface area contributed by atoms with Crippen molar-refractivity contribution in [3.05, 3.63) is 60.0 Å². The van der Waals surface area contributed by atoms with Gasteiger partial charge in [0.1, 0.15) is 17.6 Å². The minimum atomic E-state index is -0.549. The summed E-state index contributed by atoms with van der Waals surface area (Å²) < 4.78 is 16.8. The smallest absolute Gasteiger partial charge is 0.311 e. The summed E-state index contributed by atoms with van der Waals surface area (Å²) in [4.78, 5) is 16.7. The van der Waals surface area contributed by atoms with Gasteiger partial charge in [-0.3, -0.25) is 9.69 Å². The summed E-state index contributed by atoms with van der Waals surface area (Å²) in [6, 6.07) is 15.3. The monoisotopic (exact) mass is 492 g/mol. The molecule has 9 nitrogen and oxygen atoms in total. The zero-order chi connectivity index (χ0) is 25.1. The highest BCUT2D eigenvalue weighted by Gasteiger charge is 2.35. The lowest BCUT2D eigenvalue weighted by Crippen LogP contribution is -2.56. The van der Waals surface area contributed by atoms with Gasteiger partial charge in [-0.15, -0.1) is 10.2 Å². The van der Waals surface area contributed by atoms with Crippen molar-refractivity contribution in [3.8, 4) is 23.0 Å². The molecule has 3 aromatic rings. The van der Waals surface area contributed by atoms with Gasteiger partial charge in [-0.1, -0.05) is 12.1 Å². The topological polar surface area (TPSA) is 101 Å². The molecule has 2 aliphatic heterocycles. The van der Waals surface area contributed by atoms with E-state index in [2.05, 4.69) is 27.2 Å². The Bertz CT molecular complexity index is 1170. The van der Waals surface area contributed by atoms with Crippen LogP contribution in [0.3, 0.4) is 0 Å². The Morgan fingerprint density at radius 2 is 1.78 bits per heavy atom. The third-order valence-corrected chi connectivity index (χ3v) is 6.87. The number of ether oxygens (including phenoxy) is 2. The van der Waals surface area contributed by atoms with Crippen molar-refractivity contribution in [1.29, 1.82) is 0 Å². The molecule has 0 aliphatic carbocycles. The number of carbonyl (C=O) groups excluding carboxylic acids is 1. The highest BCUT2D eigenvalue weighted by atomic mass is 16.5. The van der Waals surface area contributed by atoms with Crippen LogP contribution < -0.4 is 9.47 Å². The van der Waals surface area contributed by atoms with Crippen molar-refractivity contribution in [1.82, 2.24) is 20.0 Å². The molecule has 9 heteroatoms. The second-order valence-corrected chi connectivity index (χ2v) is 9.86. The third-order valence-electron chi connectivity index (χ3n) is 6.87. The lowest BCUT2D eigenvalue weighted by molar-refractivity contribution is 0.0150. The van der Waals surface area contributed by atoms with Crippen LogP contribution in [0.1, 0.15) is 42.4 Å². The number of likely N-dealkylation sites (tertiary alicyclic amines) is 2. The van der Waals surface area contributed by atoms with Gasteiger partial charge < -0.3 is 23.9 Å². The van der Waals surface area contributed by atoms with Crippen molar-refractivity contribution in [2.24, 2.45) is 0 Å². The van der Waals surface area contributed by atoms with Crippen LogP contribution in [0, 0.1) is 0 Å². The predicted molar refractivity (Wildman–Crippen MR) is 133 cm³/mol. The quantitative estimate of drug-likeness (QED) is 0.536. The second-order valence-electron chi connectivity index (χ2n) is 9.86. The minimum Gasteiger partial charge on any atom is -0.497 e. The van der Waals surface area contributed by atoms with E-state index in [0.717, 1.165) is 56.0 Å². The first kappa shape index (κ1) is 24.3. The zero-order valence-corrected chi connectivity index (χ0v) is 20.7. The van der Waals surface area contributed by atoms with Crippen molar-refractivity contribution in [3.63, 3.8) is 0 Å². The maximum Gasteiger partial charge on any atom is 0.311 e. The molecule has 2 saturated heterocycles. The molecule has 5 rings (SSSR count). The van der Waals surface area contributed by atoms with Gasteiger partial charge in [-0.25, -0.2) is 0 Å². The van der Waals surface area contributed by atoms with Crippen molar-refractivity contribution >= 4 is 5.91 Å². The normalized spacial score (nSPS) is 21.0. The molecule has 3 heterocycles. The number of rotatable bonds is 7. The molecular formula is C27H32N4O5. The number of benzene rings is 2. The first-order chi connectivity index (χ1) is 17.4. The largest absolute Gasteiger partial charge is 0.497 e. The fourth-order valence-corrected chi connectivity index (χ4v) is 4.58. The van der Waals surface area contributed by atoms with Crippen LogP contribution in [0.15, 0.2) is 52.9 Å².